The lowest BCUT2D eigenvalue weighted by molar-refractivity contribution is 0.0954. The number of nitrogens with one attached hydrogen (secondary N) is 1. The summed E-state index contributed by atoms with van der Waals surface area (Å²) in [7, 11) is 0. The van der Waals surface area contributed by atoms with Crippen molar-refractivity contribution in [3.63, 3.8) is 0 Å². The quantitative estimate of drug-likeness (QED) is 0.643. The van der Waals surface area contributed by atoms with Gasteiger partial charge < -0.3 is 18.9 Å². The van der Waals surface area contributed by atoms with Crippen LogP contribution in [0.25, 0.3) is 0 Å². The molecule has 2 aromatic rings. The van der Waals surface area contributed by atoms with Crippen molar-refractivity contribution in [3.05, 3.63) is 45.9 Å². The van der Waals surface area contributed by atoms with Gasteiger partial charge in [-0.25, -0.2) is 5.43 Å². The molecule has 0 atom stereocenters. The number of amides is 1. The van der Waals surface area contributed by atoms with Gasteiger partial charge in [-0.2, -0.15) is 5.10 Å². The predicted molar refractivity (Wildman–Crippen MR) is 87.9 cm³/mol. The van der Waals surface area contributed by atoms with Gasteiger partial charge in [-0.1, -0.05) is 0 Å². The van der Waals surface area contributed by atoms with Gasteiger partial charge in [-0.05, 0) is 46.3 Å². The molecule has 122 valence electrons. The molecule has 0 radical (unpaired) electrons. The summed E-state index contributed by atoms with van der Waals surface area (Å²) in [5.41, 5.74) is 3.66. The molecule has 2 aliphatic heterocycles. The van der Waals surface area contributed by atoms with Crippen molar-refractivity contribution < 1.29 is 23.7 Å². The maximum absolute atomic E-state index is 12.1. The Morgan fingerprint density at radius 1 is 1.00 bits per heavy atom. The second kappa shape index (κ2) is 6.04. The molecule has 0 fully saturated rings. The average Bonchev–Trinajstić information content (AvgIpc) is 3.22. The van der Waals surface area contributed by atoms with Crippen molar-refractivity contribution >= 4 is 28.1 Å². The summed E-state index contributed by atoms with van der Waals surface area (Å²) < 4.78 is 21.8. The van der Waals surface area contributed by atoms with Crippen LogP contribution >= 0.6 is 15.9 Å². The van der Waals surface area contributed by atoms with E-state index in [4.69, 9.17) is 18.9 Å². The largest absolute Gasteiger partial charge is 0.454 e. The zero-order valence-corrected chi connectivity index (χ0v) is 13.8. The van der Waals surface area contributed by atoms with E-state index in [1.807, 2.05) is 0 Å². The summed E-state index contributed by atoms with van der Waals surface area (Å²) in [6.45, 7) is 0.361. The Labute approximate surface area is 145 Å². The van der Waals surface area contributed by atoms with Crippen LogP contribution in [0.2, 0.25) is 0 Å². The molecule has 0 bridgehead atoms. The first kappa shape index (κ1) is 14.8. The molecule has 24 heavy (non-hydrogen) atoms. The minimum Gasteiger partial charge on any atom is -0.454 e. The van der Waals surface area contributed by atoms with Crippen LogP contribution in [-0.4, -0.2) is 25.7 Å². The number of nitrogens with zero attached hydrogens (tertiary/aromatic N) is 1. The number of hydrogen-bond donors (Lipinski definition) is 1. The topological polar surface area (TPSA) is 78.4 Å². The van der Waals surface area contributed by atoms with E-state index in [-0.39, 0.29) is 19.5 Å². The number of rotatable bonds is 3. The van der Waals surface area contributed by atoms with Gasteiger partial charge in [-0.3, -0.25) is 4.79 Å². The minimum atomic E-state index is -0.346. The molecule has 4 rings (SSSR count). The van der Waals surface area contributed by atoms with E-state index in [0.29, 0.717) is 28.6 Å². The maximum atomic E-state index is 12.1. The van der Waals surface area contributed by atoms with Gasteiger partial charge in [0.2, 0.25) is 13.6 Å². The number of benzene rings is 2. The summed E-state index contributed by atoms with van der Waals surface area (Å²) in [5, 5.41) is 3.97. The fraction of sp³-hybridized carbons (Fsp3) is 0.125. The third-order valence-corrected chi connectivity index (χ3v) is 4.18. The first-order valence-corrected chi connectivity index (χ1v) is 7.82. The van der Waals surface area contributed by atoms with Gasteiger partial charge in [-0.15, -0.1) is 0 Å². The van der Waals surface area contributed by atoms with Gasteiger partial charge in [0.25, 0.3) is 5.91 Å². The lowest BCUT2D eigenvalue weighted by atomic mass is 10.2. The molecule has 0 saturated heterocycles. The van der Waals surface area contributed by atoms with Crippen LogP contribution in [0.4, 0.5) is 0 Å². The highest BCUT2D eigenvalue weighted by atomic mass is 79.9. The predicted octanol–water partition coefficient (Wildman–Crippen LogP) is 2.67. The van der Waals surface area contributed by atoms with Crippen molar-refractivity contribution in [2.45, 2.75) is 0 Å². The highest BCUT2D eigenvalue weighted by molar-refractivity contribution is 9.10. The van der Waals surface area contributed by atoms with Crippen molar-refractivity contribution in [1.82, 2.24) is 5.43 Å². The fourth-order valence-corrected chi connectivity index (χ4v) is 2.72. The Morgan fingerprint density at radius 2 is 1.67 bits per heavy atom. The second-order valence-corrected chi connectivity index (χ2v) is 5.85. The van der Waals surface area contributed by atoms with Gasteiger partial charge >= 0.3 is 0 Å². The molecule has 8 heteroatoms. The zero-order chi connectivity index (χ0) is 16.5. The molecule has 2 aliphatic rings. The Morgan fingerprint density at radius 3 is 2.46 bits per heavy atom. The third kappa shape index (κ3) is 2.76. The van der Waals surface area contributed by atoms with Crippen LogP contribution < -0.4 is 24.4 Å². The Kier molecular flexibility index (Phi) is 3.73. The van der Waals surface area contributed by atoms with Crippen molar-refractivity contribution in [2.24, 2.45) is 5.10 Å². The number of carbonyl (C=O) groups excluding carboxylic acids is 1. The van der Waals surface area contributed by atoms with E-state index >= 15 is 0 Å². The number of ether oxygens (including phenoxy) is 4. The van der Waals surface area contributed by atoms with Crippen LogP contribution in [0, 0.1) is 0 Å². The van der Waals surface area contributed by atoms with Gasteiger partial charge in [0.1, 0.15) is 0 Å². The molecular formula is C16H11BrN2O5. The smallest absolute Gasteiger partial charge is 0.271 e. The summed E-state index contributed by atoms with van der Waals surface area (Å²) in [4.78, 5) is 12.1. The number of halogens is 1. The Hall–Kier alpha value is -2.74. The van der Waals surface area contributed by atoms with E-state index in [2.05, 4.69) is 26.5 Å². The summed E-state index contributed by atoms with van der Waals surface area (Å²) in [6.07, 6.45) is 1.52. The number of fused-ring (bicyclic) bond motifs is 2. The number of hydrogen-bond acceptors (Lipinski definition) is 6. The van der Waals surface area contributed by atoms with Crippen molar-refractivity contribution in [2.75, 3.05) is 13.6 Å². The van der Waals surface area contributed by atoms with Gasteiger partial charge in [0.15, 0.2) is 23.0 Å². The second-order valence-electron chi connectivity index (χ2n) is 4.99. The Balaban J connectivity index is 1.46. The molecule has 7 nitrogen and oxygen atoms in total. The SMILES string of the molecule is O=C(N/N=C/c1cc2c(cc1Br)OCO2)c1ccc2c(c1)OCO2. The van der Waals surface area contributed by atoms with E-state index in [1.54, 1.807) is 30.3 Å². The van der Waals surface area contributed by atoms with E-state index < -0.39 is 0 Å². The third-order valence-electron chi connectivity index (χ3n) is 3.50. The van der Waals surface area contributed by atoms with Crippen LogP contribution in [0.5, 0.6) is 23.0 Å². The molecule has 0 saturated carbocycles. The van der Waals surface area contributed by atoms with E-state index in [9.17, 15) is 4.79 Å². The molecule has 0 aliphatic carbocycles. The van der Waals surface area contributed by atoms with E-state index in [0.717, 1.165) is 10.0 Å². The van der Waals surface area contributed by atoms with Crippen LogP contribution in [0.1, 0.15) is 15.9 Å². The standard InChI is InChI=1S/C16H11BrN2O5/c17-11-5-15-14(23-8-24-15)4-10(11)6-18-19-16(20)9-1-2-12-13(3-9)22-7-21-12/h1-6H,7-8H2,(H,19,20)/b18-6+. The lowest BCUT2D eigenvalue weighted by Gasteiger charge is -2.03. The average molecular weight is 391 g/mol. The van der Waals surface area contributed by atoms with Crippen molar-refractivity contribution in [3.8, 4) is 23.0 Å². The minimum absolute atomic E-state index is 0.163. The first-order valence-electron chi connectivity index (χ1n) is 7.03. The van der Waals surface area contributed by atoms with Crippen LogP contribution in [0.15, 0.2) is 39.9 Å². The van der Waals surface area contributed by atoms with Gasteiger partial charge in [0.05, 0.1) is 6.21 Å². The highest BCUT2D eigenvalue weighted by Crippen LogP contribution is 2.36. The molecule has 2 aromatic carbocycles. The molecule has 0 spiro atoms. The fourth-order valence-electron chi connectivity index (χ4n) is 2.29. The van der Waals surface area contributed by atoms with Crippen LogP contribution in [-0.2, 0) is 0 Å². The highest BCUT2D eigenvalue weighted by Gasteiger charge is 2.17. The summed E-state index contributed by atoms with van der Waals surface area (Å²) >= 11 is 3.43. The van der Waals surface area contributed by atoms with E-state index in [1.165, 1.54) is 6.21 Å². The molecule has 0 unspecified atom stereocenters. The number of hydrazone groups is 1. The normalized spacial score (nSPS) is 14.2. The maximum Gasteiger partial charge on any atom is 0.271 e. The van der Waals surface area contributed by atoms with Gasteiger partial charge in [0, 0.05) is 15.6 Å². The zero-order valence-electron chi connectivity index (χ0n) is 12.2. The first-order chi connectivity index (χ1) is 11.7. The summed E-state index contributed by atoms with van der Waals surface area (Å²) in [6, 6.07) is 8.53. The molecule has 0 aromatic heterocycles. The Bertz CT molecular complexity index is 853. The number of carbonyl (C=O) groups is 1. The van der Waals surface area contributed by atoms with Crippen LogP contribution in [0.3, 0.4) is 0 Å². The summed E-state index contributed by atoms with van der Waals surface area (Å²) in [5.74, 6) is 2.14. The molecular weight excluding hydrogens is 380 g/mol. The molecule has 1 amide bonds. The molecule has 2 heterocycles. The van der Waals surface area contributed by atoms with Crippen molar-refractivity contribution in [1.29, 1.82) is 0 Å². The molecule has 1 N–H and O–H groups in total. The lowest BCUT2D eigenvalue weighted by Crippen LogP contribution is -2.17. The monoisotopic (exact) mass is 390 g/mol.